The first kappa shape index (κ1) is 19.8. The molecule has 1 aromatic heterocycles. The van der Waals surface area contributed by atoms with Gasteiger partial charge in [-0.1, -0.05) is 19.1 Å². The van der Waals surface area contributed by atoms with Crippen molar-refractivity contribution in [1.29, 1.82) is 0 Å². The number of ether oxygens (including phenoxy) is 2. The Morgan fingerprint density at radius 3 is 2.46 bits per heavy atom. The molecule has 0 bridgehead atoms. The quantitative estimate of drug-likeness (QED) is 0.597. The summed E-state index contributed by atoms with van der Waals surface area (Å²) in [6, 6.07) is 13.4. The van der Waals surface area contributed by atoms with Gasteiger partial charge in [-0.3, -0.25) is 10.1 Å². The minimum Gasteiger partial charge on any atom is -0.497 e. The molecule has 0 aliphatic heterocycles. The summed E-state index contributed by atoms with van der Waals surface area (Å²) < 4.78 is 23.9. The molecule has 0 aliphatic rings. The van der Waals surface area contributed by atoms with Gasteiger partial charge in [0.15, 0.2) is 11.2 Å². The van der Waals surface area contributed by atoms with Crippen LogP contribution in [-0.4, -0.2) is 24.1 Å². The molecule has 0 radical (unpaired) electrons. The Bertz CT molecular complexity index is 910. The Morgan fingerprint density at radius 2 is 1.82 bits per heavy atom. The van der Waals surface area contributed by atoms with Gasteiger partial charge in [0.05, 0.1) is 7.11 Å². The van der Waals surface area contributed by atoms with Crippen LogP contribution < -0.4 is 14.8 Å². The van der Waals surface area contributed by atoms with Gasteiger partial charge in [-0.25, -0.2) is 9.37 Å². The molecule has 28 heavy (non-hydrogen) atoms. The molecule has 0 spiro atoms. The number of nitrogens with zero attached hydrogens (tertiary/aromatic N) is 1. The van der Waals surface area contributed by atoms with Crippen LogP contribution in [0.15, 0.2) is 54.7 Å². The van der Waals surface area contributed by atoms with Gasteiger partial charge in [0.1, 0.15) is 17.3 Å². The van der Waals surface area contributed by atoms with Gasteiger partial charge >= 0.3 is 0 Å². The van der Waals surface area contributed by atoms with Crippen molar-refractivity contribution in [3.63, 3.8) is 0 Å². The summed E-state index contributed by atoms with van der Waals surface area (Å²) >= 11 is 1.39. The molecule has 2 aromatic carbocycles. The van der Waals surface area contributed by atoms with E-state index in [0.717, 1.165) is 16.2 Å². The zero-order valence-corrected chi connectivity index (χ0v) is 16.5. The fourth-order valence-electron chi connectivity index (χ4n) is 2.58. The van der Waals surface area contributed by atoms with Crippen molar-refractivity contribution >= 4 is 22.4 Å². The number of anilines is 1. The SMILES string of the molecule is CCC(Oc1ccc(OC)cc1)C(=O)Nc1ncc(Cc2ccc(F)cc2)s1. The van der Waals surface area contributed by atoms with Crippen LogP contribution in [-0.2, 0) is 11.2 Å². The highest BCUT2D eigenvalue weighted by Gasteiger charge is 2.20. The second-order valence-electron chi connectivity index (χ2n) is 6.11. The number of hydrogen-bond donors (Lipinski definition) is 1. The average molecular weight is 400 g/mol. The smallest absolute Gasteiger partial charge is 0.267 e. The van der Waals surface area contributed by atoms with Gasteiger partial charge in [0, 0.05) is 17.5 Å². The second kappa shape index (κ2) is 9.32. The first-order valence-electron chi connectivity index (χ1n) is 8.88. The van der Waals surface area contributed by atoms with E-state index in [-0.39, 0.29) is 11.7 Å². The molecule has 0 saturated carbocycles. The van der Waals surface area contributed by atoms with E-state index in [1.807, 2.05) is 6.92 Å². The van der Waals surface area contributed by atoms with Crippen molar-refractivity contribution in [3.8, 4) is 11.5 Å². The lowest BCUT2D eigenvalue weighted by molar-refractivity contribution is -0.122. The maximum Gasteiger partial charge on any atom is 0.267 e. The van der Waals surface area contributed by atoms with Gasteiger partial charge in [0.2, 0.25) is 0 Å². The number of aromatic nitrogens is 1. The van der Waals surface area contributed by atoms with Crippen LogP contribution in [0.4, 0.5) is 9.52 Å². The lowest BCUT2D eigenvalue weighted by Gasteiger charge is -2.16. The summed E-state index contributed by atoms with van der Waals surface area (Å²) in [6.45, 7) is 1.88. The fourth-order valence-corrected chi connectivity index (χ4v) is 3.43. The van der Waals surface area contributed by atoms with Crippen LogP contribution in [0, 0.1) is 5.82 Å². The summed E-state index contributed by atoms with van der Waals surface area (Å²) in [4.78, 5) is 17.8. The molecule has 1 atom stereocenters. The monoisotopic (exact) mass is 400 g/mol. The standard InChI is InChI=1S/C21H21FN2O3S/c1-3-19(27-17-10-8-16(26-2)9-11-17)20(25)24-21-23-13-18(28-21)12-14-4-6-15(22)7-5-14/h4-11,13,19H,3,12H2,1-2H3,(H,23,24,25). The highest BCUT2D eigenvalue weighted by Crippen LogP contribution is 2.23. The van der Waals surface area contributed by atoms with E-state index < -0.39 is 6.10 Å². The zero-order chi connectivity index (χ0) is 19.9. The molecule has 1 amide bonds. The fraction of sp³-hybridized carbons (Fsp3) is 0.238. The van der Waals surface area contributed by atoms with Crippen LogP contribution in [0.2, 0.25) is 0 Å². The van der Waals surface area contributed by atoms with Crippen LogP contribution in [0.1, 0.15) is 23.8 Å². The number of carbonyl (C=O) groups excluding carboxylic acids is 1. The molecular formula is C21H21FN2O3S. The summed E-state index contributed by atoms with van der Waals surface area (Å²) in [5.74, 6) is 0.810. The Labute approximate surface area is 167 Å². The summed E-state index contributed by atoms with van der Waals surface area (Å²) in [5, 5.41) is 3.32. The maximum atomic E-state index is 13.0. The third kappa shape index (κ3) is 5.29. The Hall–Kier alpha value is -2.93. The average Bonchev–Trinajstić information content (AvgIpc) is 3.15. The second-order valence-corrected chi connectivity index (χ2v) is 7.23. The topological polar surface area (TPSA) is 60.5 Å². The summed E-state index contributed by atoms with van der Waals surface area (Å²) in [5.41, 5.74) is 0.984. The predicted octanol–water partition coefficient (Wildman–Crippen LogP) is 4.68. The molecule has 146 valence electrons. The Morgan fingerprint density at radius 1 is 1.14 bits per heavy atom. The molecule has 3 aromatic rings. The molecule has 0 fully saturated rings. The van der Waals surface area contributed by atoms with Crippen molar-refractivity contribution in [2.45, 2.75) is 25.9 Å². The van der Waals surface area contributed by atoms with Crippen molar-refractivity contribution in [1.82, 2.24) is 4.98 Å². The molecule has 1 N–H and O–H groups in total. The number of halogens is 1. The van der Waals surface area contributed by atoms with E-state index in [1.165, 1.54) is 23.5 Å². The number of thiazole rings is 1. The minimum atomic E-state index is -0.627. The van der Waals surface area contributed by atoms with Crippen molar-refractivity contribution in [2.24, 2.45) is 0 Å². The molecule has 1 unspecified atom stereocenters. The third-order valence-corrected chi connectivity index (χ3v) is 4.99. The van der Waals surface area contributed by atoms with Crippen molar-refractivity contribution < 1.29 is 18.7 Å². The first-order valence-corrected chi connectivity index (χ1v) is 9.69. The lowest BCUT2D eigenvalue weighted by Crippen LogP contribution is -2.32. The number of hydrogen-bond acceptors (Lipinski definition) is 5. The van der Waals surface area contributed by atoms with Crippen molar-refractivity contribution in [3.05, 3.63) is 71.0 Å². The summed E-state index contributed by atoms with van der Waals surface area (Å²) in [7, 11) is 1.59. The Kier molecular flexibility index (Phi) is 6.60. The van der Waals surface area contributed by atoms with Crippen LogP contribution in [0.25, 0.3) is 0 Å². The molecule has 5 nitrogen and oxygen atoms in total. The maximum absolute atomic E-state index is 13.0. The lowest BCUT2D eigenvalue weighted by atomic mass is 10.1. The Balaban J connectivity index is 1.59. The van der Waals surface area contributed by atoms with Crippen molar-refractivity contribution in [2.75, 3.05) is 12.4 Å². The van der Waals surface area contributed by atoms with Gasteiger partial charge in [-0.05, 0) is 48.4 Å². The van der Waals surface area contributed by atoms with Crippen LogP contribution in [0.5, 0.6) is 11.5 Å². The van der Waals surface area contributed by atoms with E-state index in [4.69, 9.17) is 9.47 Å². The molecule has 3 rings (SSSR count). The zero-order valence-electron chi connectivity index (χ0n) is 15.6. The molecular weight excluding hydrogens is 379 g/mol. The number of methoxy groups -OCH3 is 1. The third-order valence-electron chi connectivity index (χ3n) is 4.08. The summed E-state index contributed by atoms with van der Waals surface area (Å²) in [6.07, 6.45) is 2.24. The van der Waals surface area contributed by atoms with Gasteiger partial charge in [-0.2, -0.15) is 0 Å². The van der Waals surface area contributed by atoms with E-state index in [2.05, 4.69) is 10.3 Å². The highest BCUT2D eigenvalue weighted by atomic mass is 32.1. The molecule has 0 saturated heterocycles. The van der Waals surface area contributed by atoms with E-state index in [0.29, 0.717) is 23.7 Å². The van der Waals surface area contributed by atoms with Gasteiger partial charge in [-0.15, -0.1) is 11.3 Å². The number of rotatable bonds is 8. The number of benzene rings is 2. The molecule has 7 heteroatoms. The molecule has 1 heterocycles. The van der Waals surface area contributed by atoms with Gasteiger partial charge in [0.25, 0.3) is 5.91 Å². The largest absolute Gasteiger partial charge is 0.497 e. The van der Waals surface area contributed by atoms with Gasteiger partial charge < -0.3 is 9.47 Å². The number of carbonyl (C=O) groups is 1. The number of amides is 1. The molecule has 0 aliphatic carbocycles. The van der Waals surface area contributed by atoms with E-state index in [9.17, 15) is 9.18 Å². The van der Waals surface area contributed by atoms with E-state index in [1.54, 1.807) is 49.7 Å². The minimum absolute atomic E-state index is 0.249. The van der Waals surface area contributed by atoms with E-state index >= 15 is 0 Å². The van der Waals surface area contributed by atoms with Crippen LogP contribution >= 0.6 is 11.3 Å². The first-order chi connectivity index (χ1) is 13.6. The van der Waals surface area contributed by atoms with Crippen LogP contribution in [0.3, 0.4) is 0 Å². The number of nitrogens with one attached hydrogen (secondary N) is 1. The predicted molar refractivity (Wildman–Crippen MR) is 108 cm³/mol. The normalized spacial score (nSPS) is 11.7. The highest BCUT2D eigenvalue weighted by molar-refractivity contribution is 7.15.